The Bertz CT molecular complexity index is 580. The van der Waals surface area contributed by atoms with Gasteiger partial charge in [0.2, 0.25) is 0 Å². The lowest BCUT2D eigenvalue weighted by Crippen LogP contribution is -2.39. The smallest absolute Gasteiger partial charge is 0.274 e. The van der Waals surface area contributed by atoms with Crippen LogP contribution in [0, 0.1) is 5.41 Å². The highest BCUT2D eigenvalue weighted by molar-refractivity contribution is 7.13. The molecule has 0 aliphatic carbocycles. The highest BCUT2D eigenvalue weighted by Crippen LogP contribution is 2.23. The summed E-state index contributed by atoms with van der Waals surface area (Å²) in [6, 6.07) is 5.76. The summed E-state index contributed by atoms with van der Waals surface area (Å²) in [7, 11) is 1.78. The topological polar surface area (TPSA) is 75.0 Å². The molecule has 7 heteroatoms. The third kappa shape index (κ3) is 4.30. The lowest BCUT2D eigenvalue weighted by molar-refractivity contribution is 0.0734. The average Bonchev–Trinajstić information content (AvgIpc) is 3.07. The van der Waals surface area contributed by atoms with Gasteiger partial charge in [0.25, 0.3) is 5.91 Å². The maximum Gasteiger partial charge on any atom is 0.274 e. The van der Waals surface area contributed by atoms with Crippen molar-refractivity contribution < 1.29 is 4.79 Å². The fourth-order valence-electron chi connectivity index (χ4n) is 1.96. The van der Waals surface area contributed by atoms with E-state index >= 15 is 0 Å². The molecular formula is C14H21ClN4OS. The standard InChI is InChI=1S/C14H20N4OS.ClH/c1-14(2,8-15)9-18(3)13(19)11-7-10(16-17-11)12-5-4-6-20-12;/h4-7H,8-9,15H2,1-3H3,(H,16,17);1H. The zero-order valence-electron chi connectivity index (χ0n) is 12.4. The highest BCUT2D eigenvalue weighted by Gasteiger charge is 2.23. The van der Waals surface area contributed by atoms with E-state index in [1.807, 2.05) is 31.4 Å². The summed E-state index contributed by atoms with van der Waals surface area (Å²) in [5.41, 5.74) is 6.91. The van der Waals surface area contributed by atoms with Crippen LogP contribution in [0.25, 0.3) is 10.6 Å². The number of aromatic amines is 1. The summed E-state index contributed by atoms with van der Waals surface area (Å²) in [6.45, 7) is 5.21. The fourth-order valence-corrected chi connectivity index (χ4v) is 2.66. The number of carbonyl (C=O) groups excluding carboxylic acids is 1. The Labute approximate surface area is 134 Å². The van der Waals surface area contributed by atoms with Crippen molar-refractivity contribution in [3.8, 4) is 10.6 Å². The van der Waals surface area contributed by atoms with Crippen molar-refractivity contribution in [2.24, 2.45) is 11.1 Å². The van der Waals surface area contributed by atoms with E-state index in [1.54, 1.807) is 29.4 Å². The van der Waals surface area contributed by atoms with Crippen LogP contribution in [0.5, 0.6) is 0 Å². The third-order valence-corrected chi connectivity index (χ3v) is 4.05. The first kappa shape index (κ1) is 17.7. The van der Waals surface area contributed by atoms with Gasteiger partial charge in [-0.25, -0.2) is 0 Å². The lowest BCUT2D eigenvalue weighted by Gasteiger charge is -2.28. The Morgan fingerprint density at radius 2 is 2.24 bits per heavy atom. The maximum atomic E-state index is 12.3. The van der Waals surface area contributed by atoms with E-state index in [1.165, 1.54) is 0 Å². The van der Waals surface area contributed by atoms with Crippen LogP contribution in [-0.4, -0.2) is 41.1 Å². The van der Waals surface area contributed by atoms with Crippen LogP contribution in [0.3, 0.4) is 0 Å². The number of hydrogen-bond donors (Lipinski definition) is 2. The summed E-state index contributed by atoms with van der Waals surface area (Å²) in [5.74, 6) is -0.0921. The molecule has 0 aliphatic heterocycles. The molecule has 116 valence electrons. The van der Waals surface area contributed by atoms with Gasteiger partial charge < -0.3 is 10.6 Å². The number of H-pyrrole nitrogens is 1. The highest BCUT2D eigenvalue weighted by atomic mass is 35.5. The van der Waals surface area contributed by atoms with E-state index in [0.717, 1.165) is 10.6 Å². The average molecular weight is 329 g/mol. The van der Waals surface area contributed by atoms with Crippen LogP contribution in [0.1, 0.15) is 24.3 Å². The number of nitrogens with two attached hydrogens (primary N) is 1. The van der Waals surface area contributed by atoms with E-state index in [-0.39, 0.29) is 23.7 Å². The van der Waals surface area contributed by atoms with Gasteiger partial charge >= 0.3 is 0 Å². The number of thiophene rings is 1. The molecule has 0 saturated carbocycles. The van der Waals surface area contributed by atoms with Crippen molar-refractivity contribution in [3.05, 3.63) is 29.3 Å². The molecule has 2 heterocycles. The molecule has 0 saturated heterocycles. The Balaban J connectivity index is 0.00000220. The second kappa shape index (κ2) is 7.06. The molecule has 0 spiro atoms. The first-order chi connectivity index (χ1) is 9.43. The van der Waals surface area contributed by atoms with Crippen molar-refractivity contribution in [1.82, 2.24) is 15.1 Å². The van der Waals surface area contributed by atoms with Gasteiger partial charge in [0.05, 0.1) is 10.6 Å². The number of amides is 1. The van der Waals surface area contributed by atoms with Gasteiger partial charge in [0.1, 0.15) is 0 Å². The predicted octanol–water partition coefficient (Wildman–Crippen LogP) is 2.62. The van der Waals surface area contributed by atoms with E-state index in [0.29, 0.717) is 18.8 Å². The number of halogens is 1. The first-order valence-corrected chi connectivity index (χ1v) is 7.36. The van der Waals surface area contributed by atoms with Crippen molar-refractivity contribution in [2.75, 3.05) is 20.1 Å². The molecule has 0 bridgehead atoms. The molecule has 2 aromatic rings. The van der Waals surface area contributed by atoms with Crippen molar-refractivity contribution in [2.45, 2.75) is 13.8 Å². The van der Waals surface area contributed by atoms with Crippen LogP contribution in [0.4, 0.5) is 0 Å². The predicted molar refractivity (Wildman–Crippen MR) is 88.9 cm³/mol. The van der Waals surface area contributed by atoms with E-state index in [2.05, 4.69) is 10.2 Å². The van der Waals surface area contributed by atoms with Gasteiger partial charge in [-0.3, -0.25) is 9.89 Å². The number of nitrogens with zero attached hydrogens (tertiary/aromatic N) is 2. The SMILES string of the molecule is CN(CC(C)(C)CN)C(=O)c1cc(-c2cccs2)[nH]n1.Cl. The monoisotopic (exact) mass is 328 g/mol. The normalized spacial score (nSPS) is 11.0. The molecule has 0 aromatic carbocycles. The molecule has 2 rings (SSSR count). The zero-order valence-corrected chi connectivity index (χ0v) is 14.1. The quantitative estimate of drug-likeness (QED) is 0.886. The molecule has 5 nitrogen and oxygen atoms in total. The molecule has 0 radical (unpaired) electrons. The molecule has 3 N–H and O–H groups in total. The van der Waals surface area contributed by atoms with Crippen LogP contribution in [-0.2, 0) is 0 Å². The lowest BCUT2D eigenvalue weighted by atomic mass is 9.93. The third-order valence-electron chi connectivity index (χ3n) is 3.15. The first-order valence-electron chi connectivity index (χ1n) is 6.48. The summed E-state index contributed by atoms with van der Waals surface area (Å²) in [6.07, 6.45) is 0. The molecule has 21 heavy (non-hydrogen) atoms. The van der Waals surface area contributed by atoms with Gasteiger partial charge in [-0.05, 0) is 29.5 Å². The molecule has 0 aliphatic rings. The number of aromatic nitrogens is 2. The molecule has 1 amide bonds. The minimum absolute atomic E-state index is 0. The van der Waals surface area contributed by atoms with Crippen LogP contribution >= 0.6 is 23.7 Å². The Hall–Kier alpha value is -1.37. The number of rotatable bonds is 5. The largest absolute Gasteiger partial charge is 0.340 e. The summed E-state index contributed by atoms with van der Waals surface area (Å²) >= 11 is 1.61. The molecular weight excluding hydrogens is 308 g/mol. The zero-order chi connectivity index (χ0) is 14.8. The fraction of sp³-hybridized carbons (Fsp3) is 0.429. The van der Waals surface area contributed by atoms with Crippen molar-refractivity contribution >= 4 is 29.7 Å². The van der Waals surface area contributed by atoms with E-state index in [9.17, 15) is 4.79 Å². The minimum Gasteiger partial charge on any atom is -0.340 e. The van der Waals surface area contributed by atoms with Gasteiger partial charge in [-0.1, -0.05) is 19.9 Å². The molecule has 0 unspecified atom stereocenters. The minimum atomic E-state index is -0.0999. The van der Waals surface area contributed by atoms with Gasteiger partial charge in [0, 0.05) is 13.6 Å². The molecule has 2 aromatic heterocycles. The van der Waals surface area contributed by atoms with E-state index in [4.69, 9.17) is 5.73 Å². The van der Waals surface area contributed by atoms with Gasteiger partial charge in [0.15, 0.2) is 5.69 Å². The van der Waals surface area contributed by atoms with E-state index < -0.39 is 0 Å². The van der Waals surface area contributed by atoms with Gasteiger partial charge in [-0.2, -0.15) is 5.10 Å². The second-order valence-electron chi connectivity index (χ2n) is 5.67. The Kier molecular flexibility index (Phi) is 5.95. The van der Waals surface area contributed by atoms with Crippen LogP contribution in [0.15, 0.2) is 23.6 Å². The summed E-state index contributed by atoms with van der Waals surface area (Å²) in [5, 5.41) is 9.01. The summed E-state index contributed by atoms with van der Waals surface area (Å²) < 4.78 is 0. The van der Waals surface area contributed by atoms with Crippen molar-refractivity contribution in [3.63, 3.8) is 0 Å². The Morgan fingerprint density at radius 1 is 1.52 bits per heavy atom. The van der Waals surface area contributed by atoms with Gasteiger partial charge in [-0.15, -0.1) is 23.7 Å². The Morgan fingerprint density at radius 3 is 2.81 bits per heavy atom. The van der Waals surface area contributed by atoms with Crippen LogP contribution < -0.4 is 5.73 Å². The maximum absolute atomic E-state index is 12.3. The van der Waals surface area contributed by atoms with Crippen LogP contribution in [0.2, 0.25) is 0 Å². The van der Waals surface area contributed by atoms with Crippen molar-refractivity contribution in [1.29, 1.82) is 0 Å². The summed E-state index contributed by atoms with van der Waals surface area (Å²) in [4.78, 5) is 15.1. The second-order valence-corrected chi connectivity index (χ2v) is 6.62. The number of hydrogen-bond acceptors (Lipinski definition) is 4. The molecule has 0 fully saturated rings. The number of carbonyl (C=O) groups is 1. The number of nitrogens with one attached hydrogen (secondary N) is 1. The molecule has 0 atom stereocenters.